The van der Waals surface area contributed by atoms with Gasteiger partial charge in [-0.2, -0.15) is 0 Å². The van der Waals surface area contributed by atoms with Gasteiger partial charge in [-0.05, 0) is 78.4 Å². The largest absolute Gasteiger partial charge is 0.481 e. The lowest BCUT2D eigenvalue weighted by molar-refractivity contribution is -0.148. The van der Waals surface area contributed by atoms with E-state index in [2.05, 4.69) is 0 Å². The van der Waals surface area contributed by atoms with Gasteiger partial charge >= 0.3 is 11.9 Å². The molecular formula is C30H34O6S2. The monoisotopic (exact) mass is 554 g/mol. The van der Waals surface area contributed by atoms with Crippen LogP contribution in [0.4, 0.5) is 0 Å². The third-order valence-corrected chi connectivity index (χ3v) is 8.98. The Labute approximate surface area is 230 Å². The quantitative estimate of drug-likeness (QED) is 0.257. The van der Waals surface area contributed by atoms with E-state index in [-0.39, 0.29) is 10.9 Å². The molecule has 0 spiro atoms. The van der Waals surface area contributed by atoms with E-state index in [0.29, 0.717) is 38.5 Å². The molecule has 0 aliphatic rings. The fourth-order valence-electron chi connectivity index (χ4n) is 4.11. The number of hydrogen-bond donors (Lipinski definition) is 2. The Morgan fingerprint density at radius 1 is 0.684 bits per heavy atom. The molecule has 0 atom stereocenters. The zero-order valence-corrected chi connectivity index (χ0v) is 23.8. The Kier molecular flexibility index (Phi) is 9.44. The first-order chi connectivity index (χ1) is 17.8. The Bertz CT molecular complexity index is 1320. The minimum absolute atomic E-state index is 0.107. The Hall–Kier alpha value is -3.10. The first-order valence-corrected chi connectivity index (χ1v) is 14.3. The normalized spacial score (nSPS) is 11.9. The van der Waals surface area contributed by atoms with Crippen LogP contribution in [-0.2, 0) is 22.4 Å². The molecule has 3 rings (SSSR count). The SMILES string of the molecule is CC(C)(CCCc1cc(=O)cc(-c2ccccc2-c2cc(=O)cc(CCCC(C)(C)C(=O)O)s2)s1)C(=O)O. The fourth-order valence-corrected chi connectivity index (χ4v) is 6.44. The highest BCUT2D eigenvalue weighted by Crippen LogP contribution is 2.37. The van der Waals surface area contributed by atoms with Crippen molar-refractivity contribution in [2.45, 2.75) is 66.2 Å². The summed E-state index contributed by atoms with van der Waals surface area (Å²) in [4.78, 5) is 51.4. The summed E-state index contributed by atoms with van der Waals surface area (Å²) in [6.07, 6.45) is 3.55. The smallest absolute Gasteiger partial charge is 0.309 e. The van der Waals surface area contributed by atoms with Crippen molar-refractivity contribution >= 4 is 34.6 Å². The van der Waals surface area contributed by atoms with Crippen LogP contribution >= 0.6 is 22.7 Å². The Morgan fingerprint density at radius 2 is 1.05 bits per heavy atom. The topological polar surface area (TPSA) is 109 Å². The predicted molar refractivity (Wildman–Crippen MR) is 154 cm³/mol. The number of carboxylic acids is 2. The molecule has 0 bridgehead atoms. The van der Waals surface area contributed by atoms with Crippen LogP contribution in [0.25, 0.3) is 20.9 Å². The van der Waals surface area contributed by atoms with Gasteiger partial charge in [0.25, 0.3) is 0 Å². The maximum Gasteiger partial charge on any atom is 0.309 e. The van der Waals surface area contributed by atoms with E-state index in [4.69, 9.17) is 0 Å². The second-order valence-electron chi connectivity index (χ2n) is 10.9. The van der Waals surface area contributed by atoms with E-state index in [1.165, 1.54) is 22.7 Å². The summed E-state index contributed by atoms with van der Waals surface area (Å²) in [6.45, 7) is 6.82. The molecule has 8 heteroatoms. The van der Waals surface area contributed by atoms with Crippen LogP contribution in [0, 0.1) is 10.8 Å². The van der Waals surface area contributed by atoms with Crippen LogP contribution in [0.5, 0.6) is 0 Å². The van der Waals surface area contributed by atoms with Crippen molar-refractivity contribution in [1.82, 2.24) is 0 Å². The van der Waals surface area contributed by atoms with Gasteiger partial charge < -0.3 is 10.2 Å². The van der Waals surface area contributed by atoms with Crippen molar-refractivity contribution in [1.29, 1.82) is 0 Å². The number of benzene rings is 1. The number of aliphatic carboxylic acids is 2. The zero-order chi connectivity index (χ0) is 28.1. The third kappa shape index (κ3) is 7.71. The van der Waals surface area contributed by atoms with Crippen LogP contribution in [-0.4, -0.2) is 22.2 Å². The van der Waals surface area contributed by atoms with E-state index in [1.54, 1.807) is 52.0 Å². The molecule has 2 aromatic heterocycles. The minimum Gasteiger partial charge on any atom is -0.481 e. The molecule has 2 heterocycles. The van der Waals surface area contributed by atoms with Gasteiger partial charge in [0.1, 0.15) is 0 Å². The number of carboxylic acid groups (broad SMARTS) is 2. The molecule has 202 valence electrons. The van der Waals surface area contributed by atoms with Gasteiger partial charge in [0.05, 0.1) is 10.8 Å². The molecule has 1 aromatic carbocycles. The standard InChI is InChI=1S/C30H34O6S2/c1-29(2,27(33)34)13-7-9-21-15-19(31)17-25(37-21)23-11-5-6-12-24(23)26-18-20(32)16-22(38-26)10-8-14-30(3,4)28(35)36/h5-6,11-12,15-18H,7-10,13-14H2,1-4H3,(H,33,34)(H,35,36). The summed E-state index contributed by atoms with van der Waals surface area (Å²) < 4.78 is 0. The Morgan fingerprint density at radius 3 is 1.39 bits per heavy atom. The average Bonchev–Trinajstić information content (AvgIpc) is 2.83. The highest BCUT2D eigenvalue weighted by molar-refractivity contribution is 7.16. The molecule has 0 aliphatic heterocycles. The van der Waals surface area contributed by atoms with Gasteiger partial charge in [-0.15, -0.1) is 22.7 Å². The average molecular weight is 555 g/mol. The van der Waals surface area contributed by atoms with Crippen LogP contribution in [0.1, 0.15) is 63.1 Å². The lowest BCUT2D eigenvalue weighted by Gasteiger charge is -2.18. The number of rotatable bonds is 12. The number of aryl methyl sites for hydroxylation is 2. The summed E-state index contributed by atoms with van der Waals surface area (Å²) in [7, 11) is 0. The second-order valence-corrected chi connectivity index (χ2v) is 13.2. The van der Waals surface area contributed by atoms with Crippen LogP contribution in [0.15, 0.2) is 58.1 Å². The van der Waals surface area contributed by atoms with E-state index in [0.717, 1.165) is 30.6 Å². The van der Waals surface area contributed by atoms with E-state index >= 15 is 0 Å². The van der Waals surface area contributed by atoms with Gasteiger partial charge in [-0.25, -0.2) is 0 Å². The van der Waals surface area contributed by atoms with Crippen LogP contribution < -0.4 is 10.9 Å². The van der Waals surface area contributed by atoms with Crippen molar-refractivity contribution in [2.24, 2.45) is 10.8 Å². The molecule has 0 radical (unpaired) electrons. The Balaban J connectivity index is 1.88. The molecule has 0 aliphatic carbocycles. The molecular weight excluding hydrogens is 520 g/mol. The lowest BCUT2D eigenvalue weighted by Crippen LogP contribution is -2.23. The zero-order valence-electron chi connectivity index (χ0n) is 22.2. The second kappa shape index (κ2) is 12.2. The molecule has 0 fully saturated rings. The van der Waals surface area contributed by atoms with Crippen LogP contribution in [0.2, 0.25) is 0 Å². The highest BCUT2D eigenvalue weighted by atomic mass is 32.1. The molecule has 38 heavy (non-hydrogen) atoms. The lowest BCUT2D eigenvalue weighted by atomic mass is 9.87. The molecule has 0 unspecified atom stereocenters. The first kappa shape index (κ1) is 29.5. The van der Waals surface area contributed by atoms with Crippen molar-refractivity contribution in [3.05, 3.63) is 78.7 Å². The van der Waals surface area contributed by atoms with Gasteiger partial charge in [0.15, 0.2) is 10.9 Å². The molecule has 2 N–H and O–H groups in total. The van der Waals surface area contributed by atoms with E-state index < -0.39 is 22.8 Å². The van der Waals surface area contributed by atoms with Crippen molar-refractivity contribution in [2.75, 3.05) is 0 Å². The van der Waals surface area contributed by atoms with Gasteiger partial charge in [-0.1, -0.05) is 24.3 Å². The maximum absolute atomic E-state index is 12.6. The predicted octanol–water partition coefficient (Wildman–Crippen LogP) is 6.73. The van der Waals surface area contributed by atoms with Gasteiger partial charge in [-0.3, -0.25) is 19.2 Å². The molecule has 0 saturated carbocycles. The first-order valence-electron chi connectivity index (χ1n) is 12.6. The number of carbonyl (C=O) groups is 2. The van der Waals surface area contributed by atoms with Crippen LogP contribution in [0.3, 0.4) is 0 Å². The summed E-state index contributed by atoms with van der Waals surface area (Å²) in [6, 6.07) is 14.1. The van der Waals surface area contributed by atoms with E-state index in [1.807, 2.05) is 24.3 Å². The van der Waals surface area contributed by atoms with Crippen molar-refractivity contribution in [3.8, 4) is 20.9 Å². The summed E-state index contributed by atoms with van der Waals surface area (Å²) in [5.74, 6) is -1.67. The molecule has 0 amide bonds. The number of hydrogen-bond acceptors (Lipinski definition) is 6. The maximum atomic E-state index is 12.6. The van der Waals surface area contributed by atoms with Gasteiger partial charge in [0, 0.05) is 42.8 Å². The molecule has 6 nitrogen and oxygen atoms in total. The summed E-state index contributed by atoms with van der Waals surface area (Å²) >= 11 is 3.02. The van der Waals surface area contributed by atoms with E-state index in [9.17, 15) is 29.4 Å². The highest BCUT2D eigenvalue weighted by Gasteiger charge is 2.27. The third-order valence-electron chi connectivity index (χ3n) is 6.70. The minimum atomic E-state index is -0.833. The van der Waals surface area contributed by atoms with Crippen molar-refractivity contribution in [3.63, 3.8) is 0 Å². The summed E-state index contributed by atoms with van der Waals surface area (Å²) in [5.41, 5.74) is -0.126. The fraction of sp³-hybridized carbons (Fsp3) is 0.400. The molecule has 0 saturated heterocycles. The van der Waals surface area contributed by atoms with Gasteiger partial charge in [0.2, 0.25) is 0 Å². The molecule has 3 aromatic rings. The summed E-state index contributed by atoms with van der Waals surface area (Å²) in [5, 5.41) is 18.7. The van der Waals surface area contributed by atoms with Crippen molar-refractivity contribution < 1.29 is 19.8 Å².